The maximum Gasteiger partial charge on any atom is 0.102 e. The second-order valence-corrected chi connectivity index (χ2v) is 7.94. The van der Waals surface area contributed by atoms with Gasteiger partial charge in [-0.3, -0.25) is 0 Å². The van der Waals surface area contributed by atoms with E-state index in [1.54, 1.807) is 0 Å². The number of benzene rings is 3. The van der Waals surface area contributed by atoms with Crippen molar-refractivity contribution in [3.63, 3.8) is 0 Å². The summed E-state index contributed by atoms with van der Waals surface area (Å²) in [6.07, 6.45) is 0. The molecule has 5 nitrogen and oxygen atoms in total. The molecule has 3 aromatic carbocycles. The Balaban J connectivity index is 2.56. The number of rotatable bonds is 3. The van der Waals surface area contributed by atoms with Crippen LogP contribution in [0.5, 0.6) is 0 Å². The molecule has 0 spiro atoms. The fourth-order valence-corrected chi connectivity index (χ4v) is 5.60. The monoisotopic (exact) mass is 387 g/mol. The van der Waals surface area contributed by atoms with Gasteiger partial charge in [-0.05, 0) is 18.5 Å². The highest BCUT2D eigenvalue weighted by molar-refractivity contribution is 7.80. The summed E-state index contributed by atoms with van der Waals surface area (Å²) in [5, 5.41) is 50.6. The van der Waals surface area contributed by atoms with Crippen molar-refractivity contribution in [1.29, 1.82) is 26.3 Å². The van der Waals surface area contributed by atoms with E-state index >= 15 is 0 Å². The first-order valence-corrected chi connectivity index (χ1v) is 9.70. The molecule has 132 valence electrons. The molecular weight excluding hydrogens is 377 g/mol. The summed E-state index contributed by atoms with van der Waals surface area (Å²) < 4.78 is 0. The molecule has 0 saturated carbocycles. The molecule has 0 heterocycles. The van der Waals surface area contributed by atoms with Crippen molar-refractivity contribution >= 4 is 23.8 Å². The zero-order valence-electron chi connectivity index (χ0n) is 15.0. The van der Waals surface area contributed by atoms with Gasteiger partial charge in [-0.2, -0.15) is 26.3 Å². The second-order valence-electron chi connectivity index (χ2n) is 5.79. The first-order chi connectivity index (χ1) is 14.2. The summed E-state index contributed by atoms with van der Waals surface area (Å²) in [6, 6.07) is 28.3. The third-order valence-electron chi connectivity index (χ3n) is 4.29. The predicted octanol–water partition coefficient (Wildman–Crippen LogP) is 2.80. The van der Waals surface area contributed by atoms with Crippen LogP contribution in [0, 0.1) is 56.7 Å². The second kappa shape index (κ2) is 8.49. The van der Waals surface area contributed by atoms with Crippen LogP contribution < -0.4 is 15.9 Å². The van der Waals surface area contributed by atoms with Crippen LogP contribution in [0.15, 0.2) is 60.7 Å². The minimum Gasteiger partial charge on any atom is -0.192 e. The molecule has 0 aliphatic rings. The molecule has 0 bridgehead atoms. The van der Waals surface area contributed by atoms with E-state index in [1.807, 2.05) is 91.0 Å². The van der Waals surface area contributed by atoms with Gasteiger partial charge in [-0.1, -0.05) is 60.7 Å². The van der Waals surface area contributed by atoms with Gasteiger partial charge in [-0.25, -0.2) is 0 Å². The maximum absolute atomic E-state index is 9.88. The molecule has 29 heavy (non-hydrogen) atoms. The molecule has 0 amide bonds. The summed E-state index contributed by atoms with van der Waals surface area (Å²) in [7, 11) is -1.42. The lowest BCUT2D eigenvalue weighted by molar-refractivity contribution is 1.36. The van der Waals surface area contributed by atoms with Gasteiger partial charge in [0.05, 0.1) is 27.8 Å². The summed E-state index contributed by atoms with van der Waals surface area (Å²) in [5.74, 6) is 0. The lowest BCUT2D eigenvalue weighted by atomic mass is 9.94. The molecular formula is C23H10N5P. The van der Waals surface area contributed by atoms with Gasteiger partial charge in [0.15, 0.2) is 0 Å². The third kappa shape index (κ3) is 3.30. The Kier molecular flexibility index (Phi) is 5.65. The topological polar surface area (TPSA) is 119 Å². The Labute approximate surface area is 169 Å². The van der Waals surface area contributed by atoms with E-state index < -0.39 is 7.92 Å². The normalized spacial score (nSPS) is 9.52. The summed E-state index contributed by atoms with van der Waals surface area (Å²) in [6.45, 7) is 0. The van der Waals surface area contributed by atoms with Gasteiger partial charge in [0.25, 0.3) is 0 Å². The van der Waals surface area contributed by atoms with E-state index in [2.05, 4.69) is 0 Å². The smallest absolute Gasteiger partial charge is 0.102 e. The van der Waals surface area contributed by atoms with Crippen LogP contribution in [-0.4, -0.2) is 0 Å². The van der Waals surface area contributed by atoms with Crippen molar-refractivity contribution in [3.05, 3.63) is 88.5 Å². The minimum atomic E-state index is -1.42. The zero-order valence-corrected chi connectivity index (χ0v) is 15.9. The molecule has 0 N–H and O–H groups in total. The van der Waals surface area contributed by atoms with Crippen LogP contribution in [-0.2, 0) is 0 Å². The molecule has 0 unspecified atom stereocenters. The molecule has 0 saturated heterocycles. The van der Waals surface area contributed by atoms with Crippen molar-refractivity contribution in [2.75, 3.05) is 0 Å². The van der Waals surface area contributed by atoms with Gasteiger partial charge >= 0.3 is 0 Å². The van der Waals surface area contributed by atoms with Crippen LogP contribution in [0.3, 0.4) is 0 Å². The summed E-state index contributed by atoms with van der Waals surface area (Å²) in [5.41, 5.74) is -0.625. The third-order valence-corrected chi connectivity index (χ3v) is 6.81. The van der Waals surface area contributed by atoms with Gasteiger partial charge in [0, 0.05) is 5.30 Å². The number of nitriles is 5. The molecule has 3 rings (SSSR count). The van der Waals surface area contributed by atoms with Crippen molar-refractivity contribution in [2.24, 2.45) is 0 Å². The van der Waals surface area contributed by atoms with Crippen molar-refractivity contribution in [3.8, 4) is 30.3 Å². The highest BCUT2D eigenvalue weighted by Gasteiger charge is 2.30. The minimum absolute atomic E-state index is 0.0292. The molecule has 3 aromatic rings. The Bertz CT molecular complexity index is 1200. The van der Waals surface area contributed by atoms with Gasteiger partial charge < -0.3 is 0 Å². The molecule has 6 heteroatoms. The van der Waals surface area contributed by atoms with Crippen molar-refractivity contribution < 1.29 is 0 Å². The lowest BCUT2D eigenvalue weighted by Gasteiger charge is -2.23. The van der Waals surface area contributed by atoms with E-state index in [0.29, 0.717) is 5.30 Å². The Morgan fingerprint density at radius 2 is 0.759 bits per heavy atom. The first kappa shape index (κ1) is 19.3. The quantitative estimate of drug-likeness (QED) is 0.640. The van der Waals surface area contributed by atoms with Crippen LogP contribution in [0.4, 0.5) is 0 Å². The average Bonchev–Trinajstić information content (AvgIpc) is 2.79. The predicted molar refractivity (Wildman–Crippen MR) is 109 cm³/mol. The van der Waals surface area contributed by atoms with Gasteiger partial charge in [-0.15, -0.1) is 0 Å². The van der Waals surface area contributed by atoms with Crippen molar-refractivity contribution in [1.82, 2.24) is 0 Å². The number of hydrogen-bond acceptors (Lipinski definition) is 5. The first-order valence-electron chi connectivity index (χ1n) is 8.36. The van der Waals surface area contributed by atoms with Crippen LogP contribution in [0.2, 0.25) is 0 Å². The average molecular weight is 387 g/mol. The molecule has 0 fully saturated rings. The van der Waals surface area contributed by atoms with E-state index in [1.165, 1.54) is 0 Å². The van der Waals surface area contributed by atoms with Crippen molar-refractivity contribution in [2.45, 2.75) is 0 Å². The zero-order chi connectivity index (χ0) is 20.8. The van der Waals surface area contributed by atoms with E-state index in [9.17, 15) is 26.3 Å². The lowest BCUT2D eigenvalue weighted by Crippen LogP contribution is -2.27. The largest absolute Gasteiger partial charge is 0.192 e. The Morgan fingerprint density at radius 3 is 1.07 bits per heavy atom. The molecule has 0 aromatic heterocycles. The van der Waals surface area contributed by atoms with E-state index in [4.69, 9.17) is 0 Å². The Hall–Kier alpha value is -4.46. The molecule has 0 aliphatic carbocycles. The molecule has 0 aliphatic heterocycles. The summed E-state index contributed by atoms with van der Waals surface area (Å²) in [4.78, 5) is 0. The van der Waals surface area contributed by atoms with E-state index in [-0.39, 0.29) is 27.8 Å². The molecule has 0 radical (unpaired) electrons. The van der Waals surface area contributed by atoms with E-state index in [0.717, 1.165) is 10.6 Å². The standard InChI is InChI=1S/C23H10N5P/c24-11-18-19(12-25)21(14-27)23(22(15-28)20(18)13-26)29(16-7-3-1-4-8-16)17-9-5-2-6-10-17/h1-10H. The number of hydrogen-bond donors (Lipinski definition) is 0. The summed E-state index contributed by atoms with van der Waals surface area (Å²) >= 11 is 0. The maximum atomic E-state index is 9.88. The highest BCUT2D eigenvalue weighted by atomic mass is 31.1. The molecule has 0 atom stereocenters. The number of nitrogens with zero attached hydrogens (tertiary/aromatic N) is 5. The van der Waals surface area contributed by atoms with Crippen LogP contribution in [0.1, 0.15) is 27.8 Å². The SMILES string of the molecule is N#Cc1c(C#N)c(C#N)c(P(c2ccccc2)c2ccccc2)c(C#N)c1C#N. The fraction of sp³-hybridized carbons (Fsp3) is 0. The van der Waals surface area contributed by atoms with Gasteiger partial charge in [0.1, 0.15) is 30.3 Å². The fourth-order valence-electron chi connectivity index (χ4n) is 3.07. The van der Waals surface area contributed by atoms with Crippen LogP contribution in [0.25, 0.3) is 0 Å². The Morgan fingerprint density at radius 1 is 0.448 bits per heavy atom. The van der Waals surface area contributed by atoms with Gasteiger partial charge in [0.2, 0.25) is 0 Å². The van der Waals surface area contributed by atoms with Crippen LogP contribution >= 0.6 is 7.92 Å². The highest BCUT2D eigenvalue weighted by Crippen LogP contribution is 2.38.